The van der Waals surface area contributed by atoms with Crippen molar-refractivity contribution in [3.8, 4) is 0 Å². The van der Waals surface area contributed by atoms with Gasteiger partial charge in [-0.15, -0.1) is 12.4 Å². The summed E-state index contributed by atoms with van der Waals surface area (Å²) in [6.07, 6.45) is 0. The van der Waals surface area contributed by atoms with Gasteiger partial charge in [-0.3, -0.25) is 0 Å². The van der Waals surface area contributed by atoms with Gasteiger partial charge >= 0.3 is 0 Å². The molecule has 1 aromatic rings. The Labute approximate surface area is 146 Å². The van der Waals surface area contributed by atoms with Crippen molar-refractivity contribution in [2.45, 2.75) is 9.79 Å². The molecule has 0 bridgehead atoms. The van der Waals surface area contributed by atoms with Crippen LogP contribution in [0.25, 0.3) is 0 Å². The van der Waals surface area contributed by atoms with Gasteiger partial charge in [-0.2, -0.15) is 0 Å². The van der Waals surface area contributed by atoms with Gasteiger partial charge < -0.3 is 9.80 Å². The summed E-state index contributed by atoms with van der Waals surface area (Å²) in [5.41, 5.74) is 0.285. The summed E-state index contributed by atoms with van der Waals surface area (Å²) in [7, 11) is -6.33. The van der Waals surface area contributed by atoms with Gasteiger partial charge in [-0.25, -0.2) is 27.1 Å². The zero-order chi connectivity index (χ0) is 16.7. The highest BCUT2D eigenvalue weighted by atomic mass is 35.5. The molecule has 1 heterocycles. The summed E-state index contributed by atoms with van der Waals surface area (Å²) in [5.74, 6) is 0. The number of rotatable bonds is 3. The third-order valence-electron chi connectivity index (χ3n) is 3.47. The summed E-state index contributed by atoms with van der Waals surface area (Å²) < 4.78 is 46.6. The SMILES string of the molecule is CN1CCN(c2cc(Cl)c(S(N)(=O)=O)cc2S(N)(=O)=O)CC1.Cl. The highest BCUT2D eigenvalue weighted by molar-refractivity contribution is 7.90. The van der Waals surface area contributed by atoms with Gasteiger partial charge in [-0.05, 0) is 19.2 Å². The van der Waals surface area contributed by atoms with Crippen LogP contribution in [-0.4, -0.2) is 55.0 Å². The Hall–Kier alpha value is -0.620. The molecule has 1 aliphatic heterocycles. The van der Waals surface area contributed by atoms with Gasteiger partial charge in [0.2, 0.25) is 20.0 Å². The molecule has 2 rings (SSSR count). The molecular formula is C11H18Cl2N4O4S2. The van der Waals surface area contributed by atoms with E-state index in [0.29, 0.717) is 13.1 Å². The summed E-state index contributed by atoms with van der Waals surface area (Å²) in [5, 5.41) is 10.1. The lowest BCUT2D eigenvalue weighted by molar-refractivity contribution is 0.312. The second kappa shape index (κ2) is 7.09. The molecule has 4 N–H and O–H groups in total. The molecule has 1 aliphatic rings. The minimum Gasteiger partial charge on any atom is -0.368 e. The van der Waals surface area contributed by atoms with Crippen molar-refractivity contribution in [1.29, 1.82) is 0 Å². The molecule has 12 heteroatoms. The van der Waals surface area contributed by atoms with Crippen molar-refractivity contribution in [3.05, 3.63) is 17.2 Å². The highest BCUT2D eigenvalue weighted by Gasteiger charge is 2.26. The fourth-order valence-corrected chi connectivity index (χ4v) is 4.19. The molecule has 0 atom stereocenters. The van der Waals surface area contributed by atoms with Gasteiger partial charge in [0.15, 0.2) is 0 Å². The van der Waals surface area contributed by atoms with E-state index >= 15 is 0 Å². The Morgan fingerprint density at radius 1 is 0.957 bits per heavy atom. The van der Waals surface area contributed by atoms with Crippen molar-refractivity contribution in [1.82, 2.24) is 4.90 Å². The number of hydrogen-bond acceptors (Lipinski definition) is 6. The van der Waals surface area contributed by atoms with Crippen LogP contribution in [0.3, 0.4) is 0 Å². The Balaban J connectivity index is 0.00000264. The molecule has 1 fully saturated rings. The lowest BCUT2D eigenvalue weighted by Crippen LogP contribution is -2.45. The van der Waals surface area contributed by atoms with Crippen LogP contribution in [-0.2, 0) is 20.0 Å². The number of benzene rings is 1. The predicted molar refractivity (Wildman–Crippen MR) is 91.2 cm³/mol. The van der Waals surface area contributed by atoms with E-state index in [0.717, 1.165) is 19.2 Å². The average molecular weight is 405 g/mol. The Kier molecular flexibility index (Phi) is 6.30. The number of nitrogens with two attached hydrogens (primary N) is 2. The van der Waals surface area contributed by atoms with E-state index in [1.54, 1.807) is 4.90 Å². The van der Waals surface area contributed by atoms with E-state index in [-0.39, 0.29) is 28.0 Å². The van der Waals surface area contributed by atoms with Crippen LogP contribution < -0.4 is 15.2 Å². The molecule has 0 radical (unpaired) electrons. The second-order valence-electron chi connectivity index (χ2n) is 5.13. The number of likely N-dealkylation sites (N-methyl/N-ethyl adjacent to an activating group) is 1. The van der Waals surface area contributed by atoms with E-state index in [1.165, 1.54) is 6.07 Å². The zero-order valence-electron chi connectivity index (χ0n) is 12.3. The van der Waals surface area contributed by atoms with E-state index in [4.69, 9.17) is 21.9 Å². The van der Waals surface area contributed by atoms with Gasteiger partial charge in [0, 0.05) is 26.2 Å². The van der Waals surface area contributed by atoms with Crippen LogP contribution >= 0.6 is 24.0 Å². The molecule has 8 nitrogen and oxygen atoms in total. The topological polar surface area (TPSA) is 127 Å². The molecule has 23 heavy (non-hydrogen) atoms. The molecule has 0 aromatic heterocycles. The maximum atomic E-state index is 11.8. The van der Waals surface area contributed by atoms with Crippen molar-refractivity contribution in [2.24, 2.45) is 10.3 Å². The summed E-state index contributed by atoms with van der Waals surface area (Å²) in [4.78, 5) is 3.13. The van der Waals surface area contributed by atoms with E-state index < -0.39 is 24.9 Å². The Bertz CT molecular complexity index is 790. The van der Waals surface area contributed by atoms with Crippen LogP contribution in [0.4, 0.5) is 5.69 Å². The second-order valence-corrected chi connectivity index (χ2v) is 8.60. The fraction of sp³-hybridized carbons (Fsp3) is 0.455. The number of piperazine rings is 1. The fourth-order valence-electron chi connectivity index (χ4n) is 2.26. The molecule has 1 saturated heterocycles. The number of primary sulfonamides is 2. The first kappa shape index (κ1) is 20.4. The Morgan fingerprint density at radius 3 is 1.87 bits per heavy atom. The van der Waals surface area contributed by atoms with Gasteiger partial charge in [0.25, 0.3) is 0 Å². The summed E-state index contributed by atoms with van der Waals surface area (Å²) in [6.45, 7) is 2.62. The first-order valence-electron chi connectivity index (χ1n) is 6.33. The van der Waals surface area contributed by atoms with Crippen molar-refractivity contribution >= 4 is 49.7 Å². The number of hydrogen-bond donors (Lipinski definition) is 2. The van der Waals surface area contributed by atoms with E-state index in [1.807, 2.05) is 7.05 Å². The smallest absolute Gasteiger partial charge is 0.240 e. The van der Waals surface area contributed by atoms with Crippen molar-refractivity contribution in [2.75, 3.05) is 38.1 Å². The third-order valence-corrected chi connectivity index (χ3v) is 5.79. The monoisotopic (exact) mass is 404 g/mol. The molecule has 0 spiro atoms. The molecular weight excluding hydrogens is 387 g/mol. The lowest BCUT2D eigenvalue weighted by atomic mass is 10.2. The maximum Gasteiger partial charge on any atom is 0.240 e. The minimum atomic E-state index is -4.15. The predicted octanol–water partition coefficient (Wildman–Crippen LogP) is -0.192. The summed E-state index contributed by atoms with van der Waals surface area (Å²) in [6, 6.07) is 2.20. The van der Waals surface area contributed by atoms with Crippen LogP contribution in [0.1, 0.15) is 0 Å². The average Bonchev–Trinajstić information content (AvgIpc) is 2.36. The third kappa shape index (κ3) is 4.69. The first-order chi connectivity index (χ1) is 10.00. The largest absolute Gasteiger partial charge is 0.368 e. The van der Waals surface area contributed by atoms with Crippen LogP contribution in [0.5, 0.6) is 0 Å². The van der Waals surface area contributed by atoms with Crippen molar-refractivity contribution in [3.63, 3.8) is 0 Å². The molecule has 0 unspecified atom stereocenters. The minimum absolute atomic E-state index is 0. The maximum absolute atomic E-state index is 11.8. The number of nitrogens with zero attached hydrogens (tertiary/aromatic N) is 2. The summed E-state index contributed by atoms with van der Waals surface area (Å²) >= 11 is 5.95. The van der Waals surface area contributed by atoms with E-state index in [2.05, 4.69) is 4.90 Å². The van der Waals surface area contributed by atoms with Crippen LogP contribution in [0, 0.1) is 0 Å². The van der Waals surface area contributed by atoms with Crippen molar-refractivity contribution < 1.29 is 16.8 Å². The number of sulfonamides is 2. The van der Waals surface area contributed by atoms with E-state index in [9.17, 15) is 16.8 Å². The van der Waals surface area contributed by atoms with Gasteiger partial charge in [-0.1, -0.05) is 11.6 Å². The molecule has 0 amide bonds. The highest BCUT2D eigenvalue weighted by Crippen LogP contribution is 2.33. The van der Waals surface area contributed by atoms with Gasteiger partial charge in [0.1, 0.15) is 9.79 Å². The molecule has 0 aliphatic carbocycles. The normalized spacial score (nSPS) is 17.0. The van der Waals surface area contributed by atoms with Crippen LogP contribution in [0.15, 0.2) is 21.9 Å². The first-order valence-corrected chi connectivity index (χ1v) is 9.80. The number of halogens is 2. The van der Waals surface area contributed by atoms with Gasteiger partial charge in [0.05, 0.1) is 10.7 Å². The standard InChI is InChI=1S/C11H17ClN4O4S2.ClH/c1-15-2-4-16(5-3-15)9-6-8(12)10(21(13,17)18)7-11(9)22(14,19)20;/h6-7H,2-5H2,1H3,(H2,13,17,18)(H2,14,19,20);1H. The number of anilines is 1. The zero-order valence-corrected chi connectivity index (χ0v) is 15.5. The molecule has 1 aromatic carbocycles. The molecule has 132 valence electrons. The quantitative estimate of drug-likeness (QED) is 0.718. The molecule has 0 saturated carbocycles. The lowest BCUT2D eigenvalue weighted by Gasteiger charge is -2.35. The Morgan fingerprint density at radius 2 is 1.43 bits per heavy atom. The van der Waals surface area contributed by atoms with Crippen LogP contribution in [0.2, 0.25) is 5.02 Å².